The number of nitrogens with zero attached hydrogens (tertiary/aromatic N) is 5. The van der Waals surface area contributed by atoms with Gasteiger partial charge in [0.25, 0.3) is 0 Å². The summed E-state index contributed by atoms with van der Waals surface area (Å²) in [7, 11) is 4.40. The predicted molar refractivity (Wildman–Crippen MR) is 144 cm³/mol. The fourth-order valence-corrected chi connectivity index (χ4v) is 6.18. The molecule has 0 atom stereocenters. The molecule has 7 nitrogen and oxygen atoms in total. The van der Waals surface area contributed by atoms with E-state index in [9.17, 15) is 0 Å². The fraction of sp³-hybridized carbons (Fsp3) is 0.690. The van der Waals surface area contributed by atoms with Crippen molar-refractivity contribution in [3.8, 4) is 23.4 Å². The van der Waals surface area contributed by atoms with Gasteiger partial charge in [0.15, 0.2) is 5.82 Å². The predicted octanol–water partition coefficient (Wildman–Crippen LogP) is 5.60. The maximum Gasteiger partial charge on any atom is 0.323 e. The van der Waals surface area contributed by atoms with Crippen molar-refractivity contribution in [3.63, 3.8) is 0 Å². The first kappa shape index (κ1) is 26.8. The summed E-state index contributed by atoms with van der Waals surface area (Å²) in [6, 6.07) is 10.7. The minimum Gasteiger partial charge on any atom is -0.460 e. The van der Waals surface area contributed by atoms with Crippen LogP contribution in [0.4, 0.5) is 0 Å². The summed E-state index contributed by atoms with van der Waals surface area (Å²) < 4.78 is 13.0. The molecule has 0 bridgehead atoms. The molecule has 2 saturated heterocycles. The van der Waals surface area contributed by atoms with Crippen LogP contribution in [-0.2, 0) is 0 Å². The smallest absolute Gasteiger partial charge is 0.323 e. The van der Waals surface area contributed by atoms with Crippen LogP contribution in [0.5, 0.6) is 12.0 Å². The van der Waals surface area contributed by atoms with Crippen LogP contribution >= 0.6 is 0 Å². The van der Waals surface area contributed by atoms with Gasteiger partial charge in [-0.15, -0.1) is 4.98 Å². The molecule has 3 heterocycles. The van der Waals surface area contributed by atoms with E-state index in [4.69, 9.17) is 19.4 Å². The highest BCUT2D eigenvalue weighted by atomic mass is 16.5. The lowest BCUT2D eigenvalue weighted by molar-refractivity contribution is -0.0608. The van der Waals surface area contributed by atoms with Gasteiger partial charge in [0.1, 0.15) is 12.2 Å². The second-order valence-electron chi connectivity index (χ2n) is 13.3. The third-order valence-electron chi connectivity index (χ3n) is 8.71. The van der Waals surface area contributed by atoms with E-state index >= 15 is 0 Å². The zero-order chi connectivity index (χ0) is 26.5. The van der Waals surface area contributed by atoms with Crippen molar-refractivity contribution < 1.29 is 9.47 Å². The average molecular weight is 496 g/mol. The zero-order valence-electron chi connectivity index (χ0n) is 23.9. The number of hydrogen-bond acceptors (Lipinski definition) is 7. The van der Waals surface area contributed by atoms with E-state index < -0.39 is 0 Å². The Morgan fingerprint density at radius 1 is 0.611 bits per heavy atom. The molecule has 0 N–H and O–H groups in total. The molecule has 2 aromatic rings. The Labute approximate surface area is 217 Å². The molecule has 198 valence electrons. The molecule has 0 unspecified atom stereocenters. The Hall–Kier alpha value is -2.25. The molecule has 0 radical (unpaired) electrons. The van der Waals surface area contributed by atoms with Crippen molar-refractivity contribution in [2.24, 2.45) is 0 Å². The van der Waals surface area contributed by atoms with E-state index in [1.54, 1.807) is 0 Å². The van der Waals surface area contributed by atoms with Crippen LogP contribution in [0.25, 0.3) is 11.4 Å². The molecule has 4 rings (SSSR count). The molecular formula is C29H45N5O2. The third-order valence-corrected chi connectivity index (χ3v) is 8.71. The van der Waals surface area contributed by atoms with Gasteiger partial charge in [-0.1, -0.05) is 30.3 Å². The molecule has 0 aliphatic carbocycles. The van der Waals surface area contributed by atoms with Crippen molar-refractivity contribution in [1.29, 1.82) is 0 Å². The van der Waals surface area contributed by atoms with Gasteiger partial charge in [0.05, 0.1) is 0 Å². The van der Waals surface area contributed by atoms with E-state index in [-0.39, 0.29) is 34.4 Å². The summed E-state index contributed by atoms with van der Waals surface area (Å²) >= 11 is 0. The van der Waals surface area contributed by atoms with Gasteiger partial charge in [-0.3, -0.25) is 9.80 Å². The van der Waals surface area contributed by atoms with Gasteiger partial charge in [-0.05, 0) is 69.5 Å². The molecule has 0 spiro atoms. The van der Waals surface area contributed by atoms with Crippen LogP contribution in [0.15, 0.2) is 30.3 Å². The maximum absolute atomic E-state index is 6.49. The first-order valence-electron chi connectivity index (χ1n) is 13.2. The van der Waals surface area contributed by atoms with Gasteiger partial charge in [-0.25, -0.2) is 0 Å². The molecular weight excluding hydrogens is 450 g/mol. The molecule has 0 amide bonds. The van der Waals surface area contributed by atoms with Crippen molar-refractivity contribution in [2.75, 3.05) is 14.1 Å². The SMILES string of the molecule is CN1C(C)(C)CC(Oc2nc(OC3CC(C)(C)N(C)C(C)(C)C3)nc(-c3ccccc3)n2)CC1(C)C. The van der Waals surface area contributed by atoms with Gasteiger partial charge >= 0.3 is 12.0 Å². The number of likely N-dealkylation sites (tertiary alicyclic amines) is 2. The molecule has 7 heteroatoms. The molecule has 2 aliphatic rings. The van der Waals surface area contributed by atoms with Crippen LogP contribution in [-0.4, -0.2) is 73.2 Å². The maximum atomic E-state index is 6.49. The fourth-order valence-electron chi connectivity index (χ4n) is 6.18. The number of hydrogen-bond donors (Lipinski definition) is 0. The van der Waals surface area contributed by atoms with Crippen LogP contribution < -0.4 is 9.47 Å². The van der Waals surface area contributed by atoms with Gasteiger partial charge in [0.2, 0.25) is 0 Å². The normalized spacial score (nSPS) is 24.4. The van der Waals surface area contributed by atoms with Crippen LogP contribution in [0, 0.1) is 0 Å². The minimum atomic E-state index is 0.00581. The largest absolute Gasteiger partial charge is 0.460 e. The molecule has 1 aromatic heterocycles. The van der Waals surface area contributed by atoms with Crippen molar-refractivity contribution in [3.05, 3.63) is 30.3 Å². The second kappa shape index (κ2) is 9.25. The molecule has 2 fully saturated rings. The molecule has 36 heavy (non-hydrogen) atoms. The van der Waals surface area contributed by atoms with Crippen molar-refractivity contribution in [2.45, 2.75) is 115 Å². The number of benzene rings is 1. The topological polar surface area (TPSA) is 63.6 Å². The number of rotatable bonds is 5. The lowest BCUT2D eigenvalue weighted by atomic mass is 9.79. The standard InChI is InChI=1S/C29H45N5O2/c1-26(2)16-21(17-27(3,4)33(26)9)35-24-30-23(20-14-12-11-13-15-20)31-25(32-24)36-22-18-28(5,6)34(10)29(7,8)19-22/h11-15,21-22H,16-19H2,1-10H3. The molecule has 2 aliphatic heterocycles. The monoisotopic (exact) mass is 495 g/mol. The van der Waals surface area contributed by atoms with E-state index in [2.05, 4.69) is 84.3 Å². The van der Waals surface area contributed by atoms with Crippen LogP contribution in [0.3, 0.4) is 0 Å². The highest BCUT2D eigenvalue weighted by Crippen LogP contribution is 2.40. The highest BCUT2D eigenvalue weighted by molar-refractivity contribution is 5.54. The Balaban J connectivity index is 1.64. The average Bonchev–Trinajstić information content (AvgIpc) is 2.75. The summed E-state index contributed by atoms with van der Waals surface area (Å²) in [5, 5.41) is 0. The van der Waals surface area contributed by atoms with E-state index in [1.165, 1.54) is 0 Å². The van der Waals surface area contributed by atoms with E-state index in [0.717, 1.165) is 31.2 Å². The van der Waals surface area contributed by atoms with Crippen LogP contribution in [0.1, 0.15) is 81.1 Å². The third kappa shape index (κ3) is 5.52. The Kier molecular flexibility index (Phi) is 6.88. The van der Waals surface area contributed by atoms with Gasteiger partial charge in [0, 0.05) is 53.4 Å². The highest BCUT2D eigenvalue weighted by Gasteiger charge is 2.45. The zero-order valence-corrected chi connectivity index (χ0v) is 23.9. The second-order valence-corrected chi connectivity index (χ2v) is 13.3. The Morgan fingerprint density at radius 2 is 0.972 bits per heavy atom. The number of aromatic nitrogens is 3. The van der Waals surface area contributed by atoms with Crippen LogP contribution in [0.2, 0.25) is 0 Å². The molecule has 1 aromatic carbocycles. The molecule has 0 saturated carbocycles. The summed E-state index contributed by atoms with van der Waals surface area (Å²) in [6.07, 6.45) is 3.59. The first-order valence-corrected chi connectivity index (χ1v) is 13.2. The first-order chi connectivity index (χ1) is 16.6. The van der Waals surface area contributed by atoms with Crippen molar-refractivity contribution >= 4 is 0 Å². The summed E-state index contributed by atoms with van der Waals surface area (Å²) in [5.74, 6) is 0.577. The minimum absolute atomic E-state index is 0.00581. The van der Waals surface area contributed by atoms with E-state index in [1.807, 2.05) is 30.3 Å². The van der Waals surface area contributed by atoms with Gasteiger partial charge < -0.3 is 9.47 Å². The lowest BCUT2D eigenvalue weighted by Crippen LogP contribution is -2.60. The summed E-state index contributed by atoms with van der Waals surface area (Å²) in [4.78, 5) is 19.0. The van der Waals surface area contributed by atoms with Gasteiger partial charge in [-0.2, -0.15) is 9.97 Å². The Morgan fingerprint density at radius 3 is 1.33 bits per heavy atom. The Bertz CT molecular complexity index is 968. The van der Waals surface area contributed by atoms with E-state index in [0.29, 0.717) is 17.8 Å². The number of ether oxygens (including phenoxy) is 2. The lowest BCUT2D eigenvalue weighted by Gasteiger charge is -2.53. The van der Waals surface area contributed by atoms with Crippen molar-refractivity contribution in [1.82, 2.24) is 24.8 Å². The quantitative estimate of drug-likeness (QED) is 0.535. The number of piperidine rings is 2. The summed E-state index contributed by atoms with van der Waals surface area (Å²) in [6.45, 7) is 18.2. The summed E-state index contributed by atoms with van der Waals surface area (Å²) in [5.41, 5.74) is 0.944.